The van der Waals surface area contributed by atoms with E-state index in [1.807, 2.05) is 30.0 Å². The van der Waals surface area contributed by atoms with Crippen molar-refractivity contribution >= 4 is 27.0 Å². The third kappa shape index (κ3) is 4.73. The summed E-state index contributed by atoms with van der Waals surface area (Å²) < 4.78 is 28.3. The van der Waals surface area contributed by atoms with E-state index >= 15 is 0 Å². The molecule has 1 aliphatic heterocycles. The molecule has 34 heavy (non-hydrogen) atoms. The number of rotatable bonds is 7. The average molecular weight is 484 g/mol. The highest BCUT2D eigenvalue weighted by molar-refractivity contribution is 7.89. The lowest BCUT2D eigenvalue weighted by Crippen LogP contribution is -2.49. The number of carbonyl (C=O) groups is 1. The first-order valence-electron chi connectivity index (χ1n) is 11.7. The molecule has 0 aliphatic carbocycles. The molecule has 1 unspecified atom stereocenters. The van der Waals surface area contributed by atoms with Crippen LogP contribution in [-0.2, 0) is 27.8 Å². The van der Waals surface area contributed by atoms with E-state index < -0.39 is 10.0 Å². The minimum Gasteiger partial charge on any atom is -0.333 e. The Morgan fingerprint density at radius 2 is 1.85 bits per heavy atom. The number of likely N-dealkylation sites (N-methyl/N-ethyl adjacent to an activating group) is 1. The summed E-state index contributed by atoms with van der Waals surface area (Å²) in [4.78, 5) is 22.5. The molecule has 0 saturated carbocycles. The van der Waals surface area contributed by atoms with Gasteiger partial charge in [0.05, 0.1) is 22.0 Å². The van der Waals surface area contributed by atoms with Gasteiger partial charge in [0.1, 0.15) is 5.82 Å². The van der Waals surface area contributed by atoms with Crippen LogP contribution in [0.2, 0.25) is 0 Å². The molecule has 0 radical (unpaired) electrons. The molecule has 1 fully saturated rings. The molecule has 3 aromatic rings. The number of fused-ring (bicyclic) bond motifs is 1. The second-order valence-electron chi connectivity index (χ2n) is 8.99. The second-order valence-corrected chi connectivity index (χ2v) is 11.1. The molecule has 1 amide bonds. The van der Waals surface area contributed by atoms with E-state index in [1.165, 1.54) is 18.4 Å². The highest BCUT2D eigenvalue weighted by Gasteiger charge is 2.30. The van der Waals surface area contributed by atoms with Gasteiger partial charge in [-0.25, -0.2) is 17.7 Å². The third-order valence-electron chi connectivity index (χ3n) is 6.54. The molecule has 0 N–H and O–H groups in total. The fourth-order valence-electron chi connectivity index (χ4n) is 4.62. The maximum Gasteiger partial charge on any atom is 0.242 e. The van der Waals surface area contributed by atoms with E-state index in [0.717, 1.165) is 30.0 Å². The fourth-order valence-corrected chi connectivity index (χ4v) is 5.54. The van der Waals surface area contributed by atoms with Crippen LogP contribution in [-0.4, -0.2) is 78.8 Å². The first-order chi connectivity index (χ1) is 16.2. The van der Waals surface area contributed by atoms with E-state index in [2.05, 4.69) is 28.6 Å². The molecule has 8 nitrogen and oxygen atoms in total. The number of sulfonamides is 1. The van der Waals surface area contributed by atoms with Crippen LogP contribution in [0, 0.1) is 0 Å². The summed E-state index contributed by atoms with van der Waals surface area (Å²) >= 11 is 0. The van der Waals surface area contributed by atoms with Gasteiger partial charge in [-0.2, -0.15) is 0 Å². The number of imidazole rings is 1. The summed E-state index contributed by atoms with van der Waals surface area (Å²) in [6.45, 7) is 5.09. The lowest BCUT2D eigenvalue weighted by Gasteiger charge is -2.40. The molecule has 0 spiro atoms. The monoisotopic (exact) mass is 483 g/mol. The summed E-state index contributed by atoms with van der Waals surface area (Å²) in [5.41, 5.74) is 2.66. The van der Waals surface area contributed by atoms with Gasteiger partial charge in [0.25, 0.3) is 0 Å². The summed E-state index contributed by atoms with van der Waals surface area (Å²) in [5, 5.41) is 0. The number of nitrogens with zero attached hydrogens (tertiary/aromatic N) is 5. The standard InChI is InChI=1S/C25H33N5O3S/c1-5-29-22-12-11-20(34(32,33)27(2)3)17-21(22)26-24(29)13-14-25(31)30-16-15-28(4)18-23(30)19-9-7-6-8-10-19/h6-12,17,23H,5,13-16,18H2,1-4H3. The predicted molar refractivity (Wildman–Crippen MR) is 133 cm³/mol. The van der Waals surface area contributed by atoms with Gasteiger partial charge in [-0.1, -0.05) is 30.3 Å². The Morgan fingerprint density at radius 1 is 1.12 bits per heavy atom. The van der Waals surface area contributed by atoms with E-state index in [0.29, 0.717) is 31.4 Å². The SMILES string of the molecule is CCn1c(CCC(=O)N2CCN(C)CC2c2ccccc2)nc2cc(S(=O)(=O)N(C)C)ccc21. The third-order valence-corrected chi connectivity index (χ3v) is 8.36. The Balaban J connectivity index is 1.56. The zero-order valence-corrected chi connectivity index (χ0v) is 21.1. The molecule has 0 bridgehead atoms. The predicted octanol–water partition coefficient (Wildman–Crippen LogP) is 2.75. The molecule has 182 valence electrons. The van der Waals surface area contributed by atoms with Gasteiger partial charge >= 0.3 is 0 Å². The Hall–Kier alpha value is -2.75. The van der Waals surface area contributed by atoms with Crippen molar-refractivity contribution in [2.45, 2.75) is 37.2 Å². The minimum absolute atomic E-state index is 0.0382. The van der Waals surface area contributed by atoms with Gasteiger partial charge in [-0.15, -0.1) is 0 Å². The topological polar surface area (TPSA) is 78.8 Å². The van der Waals surface area contributed by atoms with Gasteiger partial charge in [-0.05, 0) is 37.7 Å². The highest BCUT2D eigenvalue weighted by atomic mass is 32.2. The van der Waals surface area contributed by atoms with Gasteiger partial charge in [-0.3, -0.25) is 4.79 Å². The Kier molecular flexibility index (Phi) is 7.06. The van der Waals surface area contributed by atoms with Crippen molar-refractivity contribution in [2.75, 3.05) is 40.8 Å². The Labute approximate surface area is 201 Å². The van der Waals surface area contributed by atoms with Crippen LogP contribution in [0.5, 0.6) is 0 Å². The number of aryl methyl sites for hydroxylation is 2. The molecule has 1 aliphatic rings. The number of hydrogen-bond donors (Lipinski definition) is 0. The first kappa shape index (κ1) is 24.4. The first-order valence-corrected chi connectivity index (χ1v) is 13.1. The van der Waals surface area contributed by atoms with Crippen molar-refractivity contribution in [3.63, 3.8) is 0 Å². The van der Waals surface area contributed by atoms with Crippen molar-refractivity contribution in [3.05, 3.63) is 59.9 Å². The van der Waals surface area contributed by atoms with Crippen LogP contribution in [0.25, 0.3) is 11.0 Å². The lowest BCUT2D eigenvalue weighted by atomic mass is 10.0. The van der Waals surface area contributed by atoms with Crippen LogP contribution in [0.1, 0.15) is 30.8 Å². The number of piperazine rings is 1. The number of carbonyl (C=O) groups excluding carboxylic acids is 1. The van der Waals surface area contributed by atoms with Gasteiger partial charge in [0.15, 0.2) is 0 Å². The fraction of sp³-hybridized carbons (Fsp3) is 0.440. The largest absolute Gasteiger partial charge is 0.333 e. The van der Waals surface area contributed by atoms with Crippen LogP contribution < -0.4 is 0 Å². The summed E-state index contributed by atoms with van der Waals surface area (Å²) in [5.74, 6) is 0.920. The molecule has 2 aromatic carbocycles. The maximum absolute atomic E-state index is 13.3. The van der Waals surface area contributed by atoms with E-state index in [-0.39, 0.29) is 16.8 Å². The molecule has 1 atom stereocenters. The Morgan fingerprint density at radius 3 is 2.53 bits per heavy atom. The van der Waals surface area contributed by atoms with E-state index in [4.69, 9.17) is 4.98 Å². The smallest absolute Gasteiger partial charge is 0.242 e. The Bertz CT molecular complexity index is 1270. The minimum atomic E-state index is -3.54. The maximum atomic E-state index is 13.3. The second kappa shape index (κ2) is 9.85. The molecule has 1 aromatic heterocycles. The lowest BCUT2D eigenvalue weighted by molar-refractivity contribution is -0.136. The average Bonchev–Trinajstić information content (AvgIpc) is 3.19. The molecule has 4 rings (SSSR count). The zero-order valence-electron chi connectivity index (χ0n) is 20.3. The van der Waals surface area contributed by atoms with E-state index in [9.17, 15) is 13.2 Å². The number of benzene rings is 2. The molecule has 2 heterocycles. The van der Waals surface area contributed by atoms with Crippen LogP contribution in [0.4, 0.5) is 0 Å². The van der Waals surface area contributed by atoms with Gasteiger partial charge in [0.2, 0.25) is 15.9 Å². The van der Waals surface area contributed by atoms with Crippen LogP contribution in [0.15, 0.2) is 53.4 Å². The van der Waals surface area contributed by atoms with Crippen molar-refractivity contribution in [2.24, 2.45) is 0 Å². The molecular weight excluding hydrogens is 450 g/mol. The van der Waals surface area contributed by atoms with E-state index in [1.54, 1.807) is 18.2 Å². The number of amides is 1. The van der Waals surface area contributed by atoms with Crippen molar-refractivity contribution in [3.8, 4) is 0 Å². The number of aromatic nitrogens is 2. The highest BCUT2D eigenvalue weighted by Crippen LogP contribution is 2.27. The molecule has 1 saturated heterocycles. The zero-order chi connectivity index (χ0) is 24.5. The summed E-state index contributed by atoms with van der Waals surface area (Å²) in [6, 6.07) is 15.3. The summed E-state index contributed by atoms with van der Waals surface area (Å²) in [6.07, 6.45) is 0.865. The quantitative estimate of drug-likeness (QED) is 0.516. The van der Waals surface area contributed by atoms with Crippen LogP contribution in [0.3, 0.4) is 0 Å². The molecular formula is C25H33N5O3S. The van der Waals surface area contributed by atoms with Crippen molar-refractivity contribution in [1.29, 1.82) is 0 Å². The number of hydrogen-bond acceptors (Lipinski definition) is 5. The normalized spacial score (nSPS) is 17.6. The van der Waals surface area contributed by atoms with Crippen molar-refractivity contribution in [1.82, 2.24) is 23.7 Å². The molecule has 9 heteroatoms. The van der Waals surface area contributed by atoms with Crippen molar-refractivity contribution < 1.29 is 13.2 Å². The van der Waals surface area contributed by atoms with Gasteiger partial charge in [0, 0.05) is 53.1 Å². The van der Waals surface area contributed by atoms with Gasteiger partial charge < -0.3 is 14.4 Å². The van der Waals surface area contributed by atoms with Crippen LogP contribution >= 0.6 is 0 Å². The summed E-state index contributed by atoms with van der Waals surface area (Å²) in [7, 11) is 1.59.